The highest BCUT2D eigenvalue weighted by atomic mass is 32.1. The van der Waals surface area contributed by atoms with Crippen molar-refractivity contribution in [3.63, 3.8) is 0 Å². The van der Waals surface area contributed by atoms with Crippen LogP contribution >= 0.6 is 11.7 Å². The summed E-state index contributed by atoms with van der Waals surface area (Å²) < 4.78 is 8.19. The van der Waals surface area contributed by atoms with Gasteiger partial charge in [-0.3, -0.25) is 14.5 Å². The molecule has 0 saturated carbocycles. The van der Waals surface area contributed by atoms with Crippen LogP contribution in [0.15, 0.2) is 18.2 Å². The topological polar surface area (TPSA) is 95.4 Å². The lowest BCUT2D eigenvalue weighted by Crippen LogP contribution is -2.33. The summed E-state index contributed by atoms with van der Waals surface area (Å²) in [5.41, 5.74) is 1.95. The van der Waals surface area contributed by atoms with Gasteiger partial charge in [-0.1, -0.05) is 6.07 Å². The molecule has 0 aliphatic heterocycles. The fourth-order valence-electron chi connectivity index (χ4n) is 1.63. The number of amides is 1. The van der Waals surface area contributed by atoms with E-state index in [0.717, 1.165) is 17.2 Å². The second kappa shape index (κ2) is 5.72. The van der Waals surface area contributed by atoms with Crippen molar-refractivity contribution in [1.29, 1.82) is 0 Å². The number of carbonyl (C=O) groups excluding carboxylic acids is 1. The van der Waals surface area contributed by atoms with E-state index in [2.05, 4.69) is 14.1 Å². The number of anilines is 1. The summed E-state index contributed by atoms with van der Waals surface area (Å²) in [4.78, 5) is 23.7. The summed E-state index contributed by atoms with van der Waals surface area (Å²) in [5.74, 6) is -1.26. The monoisotopic (exact) mass is 280 g/mol. The minimum atomic E-state index is -0.971. The van der Waals surface area contributed by atoms with Crippen molar-refractivity contribution in [2.75, 3.05) is 25.5 Å². The standard InChI is InChI=1S/C11H12N4O3S/c1-15(6-10(17)18)5-9(16)12-7-3-2-4-8-11(7)14-19-13-8/h2-4H,5-6H2,1H3,(H,12,16)(H,17,18). The third-order valence-electron chi connectivity index (χ3n) is 2.38. The normalized spacial score (nSPS) is 10.8. The van der Waals surface area contributed by atoms with Gasteiger partial charge in [0.1, 0.15) is 11.0 Å². The smallest absolute Gasteiger partial charge is 0.317 e. The van der Waals surface area contributed by atoms with Gasteiger partial charge in [0.2, 0.25) is 5.91 Å². The molecule has 7 nitrogen and oxygen atoms in total. The van der Waals surface area contributed by atoms with Gasteiger partial charge in [0.25, 0.3) is 0 Å². The van der Waals surface area contributed by atoms with Crippen LogP contribution in [0.2, 0.25) is 0 Å². The van der Waals surface area contributed by atoms with Crippen LogP contribution in [-0.4, -0.2) is 50.8 Å². The molecule has 1 aromatic carbocycles. The van der Waals surface area contributed by atoms with Gasteiger partial charge in [0.05, 0.1) is 30.5 Å². The van der Waals surface area contributed by atoms with E-state index in [1.807, 2.05) is 6.07 Å². The molecule has 19 heavy (non-hydrogen) atoms. The first-order chi connectivity index (χ1) is 9.06. The molecule has 0 radical (unpaired) electrons. The van der Waals surface area contributed by atoms with Crippen LogP contribution in [0, 0.1) is 0 Å². The van der Waals surface area contributed by atoms with Crippen molar-refractivity contribution >= 4 is 40.3 Å². The third kappa shape index (κ3) is 3.46. The van der Waals surface area contributed by atoms with E-state index < -0.39 is 5.97 Å². The van der Waals surface area contributed by atoms with Crippen molar-refractivity contribution in [2.24, 2.45) is 0 Å². The molecule has 1 amide bonds. The largest absolute Gasteiger partial charge is 0.480 e. The average Bonchev–Trinajstić information content (AvgIpc) is 2.76. The Labute approximate surface area is 113 Å². The number of rotatable bonds is 5. The molecule has 0 bridgehead atoms. The minimum absolute atomic E-state index is 0.000251. The Balaban J connectivity index is 2.03. The zero-order valence-corrected chi connectivity index (χ0v) is 11.0. The number of nitrogens with one attached hydrogen (secondary N) is 1. The highest BCUT2D eigenvalue weighted by Gasteiger charge is 2.12. The number of likely N-dealkylation sites (N-methyl/N-ethyl adjacent to an activating group) is 1. The highest BCUT2D eigenvalue weighted by Crippen LogP contribution is 2.20. The number of carbonyl (C=O) groups is 2. The third-order valence-corrected chi connectivity index (χ3v) is 2.92. The summed E-state index contributed by atoms with van der Waals surface area (Å²) in [6.45, 7) is -0.184. The summed E-state index contributed by atoms with van der Waals surface area (Å²) in [6, 6.07) is 5.32. The van der Waals surface area contributed by atoms with Crippen LogP contribution in [0.25, 0.3) is 11.0 Å². The predicted molar refractivity (Wildman–Crippen MR) is 71.2 cm³/mol. The quantitative estimate of drug-likeness (QED) is 0.834. The molecule has 2 rings (SSSR count). The van der Waals surface area contributed by atoms with E-state index in [1.165, 1.54) is 4.90 Å². The van der Waals surface area contributed by atoms with E-state index in [-0.39, 0.29) is 19.0 Å². The number of benzene rings is 1. The lowest BCUT2D eigenvalue weighted by molar-refractivity contribution is -0.138. The number of hydrogen-bond acceptors (Lipinski definition) is 6. The van der Waals surface area contributed by atoms with Crippen LogP contribution in [0.4, 0.5) is 5.69 Å². The van der Waals surface area contributed by atoms with E-state index in [1.54, 1.807) is 19.2 Å². The zero-order chi connectivity index (χ0) is 13.8. The molecule has 1 aromatic heterocycles. The second-order valence-corrected chi connectivity index (χ2v) is 4.58. The molecule has 0 atom stereocenters. The Hall–Kier alpha value is -2.06. The first-order valence-electron chi connectivity index (χ1n) is 5.48. The molecule has 0 saturated heterocycles. The Morgan fingerprint density at radius 1 is 1.37 bits per heavy atom. The van der Waals surface area contributed by atoms with Gasteiger partial charge in [0, 0.05) is 0 Å². The molecule has 100 valence electrons. The van der Waals surface area contributed by atoms with Crippen molar-refractivity contribution in [2.45, 2.75) is 0 Å². The van der Waals surface area contributed by atoms with Gasteiger partial charge in [-0.15, -0.1) is 0 Å². The highest BCUT2D eigenvalue weighted by molar-refractivity contribution is 7.00. The van der Waals surface area contributed by atoms with Gasteiger partial charge in [-0.2, -0.15) is 8.75 Å². The van der Waals surface area contributed by atoms with Crippen LogP contribution in [0.5, 0.6) is 0 Å². The Morgan fingerprint density at radius 3 is 2.89 bits per heavy atom. The molecular weight excluding hydrogens is 268 g/mol. The molecule has 8 heteroatoms. The van der Waals surface area contributed by atoms with Gasteiger partial charge in [-0.05, 0) is 19.2 Å². The van der Waals surface area contributed by atoms with Crippen LogP contribution in [0.1, 0.15) is 0 Å². The molecule has 0 fully saturated rings. The maximum Gasteiger partial charge on any atom is 0.317 e. The summed E-state index contributed by atoms with van der Waals surface area (Å²) in [6.07, 6.45) is 0. The first-order valence-corrected chi connectivity index (χ1v) is 6.21. The van der Waals surface area contributed by atoms with E-state index >= 15 is 0 Å². The Bertz CT molecular complexity index is 613. The van der Waals surface area contributed by atoms with Crippen molar-refractivity contribution in [3.05, 3.63) is 18.2 Å². The second-order valence-electron chi connectivity index (χ2n) is 4.05. The van der Waals surface area contributed by atoms with Gasteiger partial charge >= 0.3 is 5.97 Å². The SMILES string of the molecule is CN(CC(=O)O)CC(=O)Nc1cccc2nsnc12. The van der Waals surface area contributed by atoms with Gasteiger partial charge < -0.3 is 10.4 Å². The zero-order valence-electron chi connectivity index (χ0n) is 10.2. The number of aromatic nitrogens is 2. The Kier molecular flexibility index (Phi) is 4.03. The summed E-state index contributed by atoms with van der Waals surface area (Å²) in [7, 11) is 1.57. The summed E-state index contributed by atoms with van der Waals surface area (Å²) in [5, 5.41) is 11.3. The molecular formula is C11H12N4O3S. The number of carboxylic acid groups (broad SMARTS) is 1. The van der Waals surface area contributed by atoms with Crippen molar-refractivity contribution in [1.82, 2.24) is 13.6 Å². The number of carboxylic acids is 1. The van der Waals surface area contributed by atoms with E-state index in [0.29, 0.717) is 11.2 Å². The molecule has 0 unspecified atom stereocenters. The molecule has 0 spiro atoms. The Morgan fingerprint density at radius 2 is 2.16 bits per heavy atom. The van der Waals surface area contributed by atoms with E-state index in [4.69, 9.17) is 5.11 Å². The predicted octanol–water partition coefficient (Wildman–Crippen LogP) is 0.646. The molecule has 0 aliphatic carbocycles. The lowest BCUT2D eigenvalue weighted by Gasteiger charge is -2.13. The number of hydrogen-bond donors (Lipinski definition) is 2. The van der Waals surface area contributed by atoms with Gasteiger partial charge in [-0.25, -0.2) is 0 Å². The van der Waals surface area contributed by atoms with Crippen molar-refractivity contribution < 1.29 is 14.7 Å². The fourth-order valence-corrected chi connectivity index (χ4v) is 2.18. The minimum Gasteiger partial charge on any atom is -0.480 e. The number of nitrogens with zero attached hydrogens (tertiary/aromatic N) is 3. The molecule has 2 aromatic rings. The number of aliphatic carboxylic acids is 1. The van der Waals surface area contributed by atoms with Gasteiger partial charge in [0.15, 0.2) is 0 Å². The average molecular weight is 280 g/mol. The maximum atomic E-state index is 11.8. The molecule has 0 aliphatic rings. The fraction of sp³-hybridized carbons (Fsp3) is 0.273. The number of fused-ring (bicyclic) bond motifs is 1. The molecule has 1 heterocycles. The maximum absolute atomic E-state index is 11.8. The van der Waals surface area contributed by atoms with Crippen LogP contribution in [-0.2, 0) is 9.59 Å². The van der Waals surface area contributed by atoms with E-state index in [9.17, 15) is 9.59 Å². The van der Waals surface area contributed by atoms with Crippen LogP contribution in [0.3, 0.4) is 0 Å². The van der Waals surface area contributed by atoms with Crippen molar-refractivity contribution in [3.8, 4) is 0 Å². The summed E-state index contributed by atoms with van der Waals surface area (Å²) >= 11 is 1.08. The molecule has 2 N–H and O–H groups in total. The lowest BCUT2D eigenvalue weighted by atomic mass is 10.2. The first kappa shape index (κ1) is 13.4. The van der Waals surface area contributed by atoms with Crippen LogP contribution < -0.4 is 5.32 Å².